The third-order valence-corrected chi connectivity index (χ3v) is 5.25. The summed E-state index contributed by atoms with van der Waals surface area (Å²) in [6, 6.07) is 0. The number of allylic oxidation sites excluding steroid dienone is 1. The van der Waals surface area contributed by atoms with Gasteiger partial charge in [0.1, 0.15) is 0 Å². The summed E-state index contributed by atoms with van der Waals surface area (Å²) in [5.41, 5.74) is 5.54. The van der Waals surface area contributed by atoms with Crippen molar-refractivity contribution in [2.75, 3.05) is 6.61 Å². The molecule has 0 aromatic heterocycles. The Labute approximate surface area is 156 Å². The molecule has 0 saturated carbocycles. The molecule has 0 bridgehead atoms. The lowest BCUT2D eigenvalue weighted by Crippen LogP contribution is -2.32. The Morgan fingerprint density at radius 2 is 1.40 bits per heavy atom. The van der Waals surface area contributed by atoms with Crippen molar-refractivity contribution in [3.05, 3.63) is 12.7 Å². The van der Waals surface area contributed by atoms with Gasteiger partial charge in [0.15, 0.2) is 0 Å². The standard InChI is InChI=1S/C22H43NO2/c1-3-5-6-7-8-9-10-11-12-13-14-15-16-18-21(22(23)25)20(19-24)17-4-2/h3,20-21,24H,1,4-19H2,2H3,(H2,23,25). The van der Waals surface area contributed by atoms with Gasteiger partial charge in [0.2, 0.25) is 5.91 Å². The first-order valence-corrected chi connectivity index (χ1v) is 10.7. The fourth-order valence-electron chi connectivity index (χ4n) is 3.64. The third-order valence-electron chi connectivity index (χ3n) is 5.25. The van der Waals surface area contributed by atoms with Crippen LogP contribution < -0.4 is 5.73 Å². The lowest BCUT2D eigenvalue weighted by atomic mass is 9.84. The molecule has 0 heterocycles. The van der Waals surface area contributed by atoms with Gasteiger partial charge in [-0.1, -0.05) is 83.6 Å². The van der Waals surface area contributed by atoms with E-state index < -0.39 is 0 Å². The summed E-state index contributed by atoms with van der Waals surface area (Å²) in [7, 11) is 0. The van der Waals surface area contributed by atoms with Gasteiger partial charge in [-0.25, -0.2) is 0 Å². The molecule has 0 aromatic rings. The van der Waals surface area contributed by atoms with E-state index >= 15 is 0 Å². The molecule has 3 N–H and O–H groups in total. The molecule has 1 amide bonds. The highest BCUT2D eigenvalue weighted by atomic mass is 16.3. The molecule has 25 heavy (non-hydrogen) atoms. The topological polar surface area (TPSA) is 63.3 Å². The highest BCUT2D eigenvalue weighted by Gasteiger charge is 2.24. The van der Waals surface area contributed by atoms with Gasteiger partial charge in [-0.05, 0) is 31.6 Å². The van der Waals surface area contributed by atoms with Gasteiger partial charge in [0, 0.05) is 12.5 Å². The highest BCUT2D eigenvalue weighted by molar-refractivity contribution is 5.76. The molecule has 0 aliphatic rings. The van der Waals surface area contributed by atoms with E-state index in [1.807, 2.05) is 6.08 Å². The Bertz CT molecular complexity index is 317. The second kappa shape index (κ2) is 18.0. The normalized spacial score (nSPS) is 13.5. The number of hydrogen-bond acceptors (Lipinski definition) is 2. The molecule has 0 aliphatic heterocycles. The van der Waals surface area contributed by atoms with Crippen LogP contribution in [0.25, 0.3) is 0 Å². The van der Waals surface area contributed by atoms with E-state index in [-0.39, 0.29) is 24.3 Å². The van der Waals surface area contributed by atoms with Crippen molar-refractivity contribution >= 4 is 5.91 Å². The van der Waals surface area contributed by atoms with E-state index in [0.717, 1.165) is 32.1 Å². The molecule has 0 fully saturated rings. The first-order valence-electron chi connectivity index (χ1n) is 10.7. The molecule has 0 spiro atoms. The van der Waals surface area contributed by atoms with E-state index in [1.165, 1.54) is 64.2 Å². The van der Waals surface area contributed by atoms with Gasteiger partial charge in [-0.3, -0.25) is 4.79 Å². The molecule has 2 atom stereocenters. The minimum absolute atomic E-state index is 0.0500. The summed E-state index contributed by atoms with van der Waals surface area (Å²) in [5.74, 6) is -0.333. The van der Waals surface area contributed by atoms with Crippen molar-refractivity contribution in [3.63, 3.8) is 0 Å². The van der Waals surface area contributed by atoms with Crippen molar-refractivity contribution in [2.24, 2.45) is 17.6 Å². The van der Waals surface area contributed by atoms with Gasteiger partial charge in [-0.2, -0.15) is 0 Å². The van der Waals surface area contributed by atoms with Crippen LogP contribution in [0.15, 0.2) is 12.7 Å². The smallest absolute Gasteiger partial charge is 0.220 e. The SMILES string of the molecule is C=CCCCCCCCCCCCCCC(C(N)=O)C(CO)CCC. The molecule has 0 saturated heterocycles. The number of amides is 1. The van der Waals surface area contributed by atoms with Crippen LogP contribution in [0.4, 0.5) is 0 Å². The summed E-state index contributed by atoms with van der Waals surface area (Å²) in [5, 5.41) is 9.47. The van der Waals surface area contributed by atoms with E-state index in [0.29, 0.717) is 0 Å². The van der Waals surface area contributed by atoms with Crippen molar-refractivity contribution in [2.45, 2.75) is 103 Å². The molecule has 148 valence electrons. The van der Waals surface area contributed by atoms with E-state index in [4.69, 9.17) is 5.73 Å². The average Bonchev–Trinajstić information content (AvgIpc) is 2.60. The fraction of sp³-hybridized carbons (Fsp3) is 0.864. The Morgan fingerprint density at radius 1 is 0.920 bits per heavy atom. The maximum absolute atomic E-state index is 11.6. The quantitative estimate of drug-likeness (QED) is 0.229. The zero-order valence-corrected chi connectivity index (χ0v) is 16.7. The molecule has 0 aliphatic carbocycles. The highest BCUT2D eigenvalue weighted by Crippen LogP contribution is 2.23. The molecular weight excluding hydrogens is 310 g/mol. The van der Waals surface area contributed by atoms with Crippen LogP contribution in [0.1, 0.15) is 103 Å². The van der Waals surface area contributed by atoms with Crippen molar-refractivity contribution < 1.29 is 9.90 Å². The van der Waals surface area contributed by atoms with E-state index in [1.54, 1.807) is 0 Å². The number of aliphatic hydroxyl groups is 1. The summed E-state index contributed by atoms with van der Waals surface area (Å²) >= 11 is 0. The number of aliphatic hydroxyl groups excluding tert-OH is 1. The minimum Gasteiger partial charge on any atom is -0.396 e. The van der Waals surface area contributed by atoms with Gasteiger partial charge in [-0.15, -0.1) is 6.58 Å². The molecule has 3 nitrogen and oxygen atoms in total. The zero-order chi connectivity index (χ0) is 18.8. The van der Waals surface area contributed by atoms with Crippen LogP contribution in [-0.2, 0) is 4.79 Å². The lowest BCUT2D eigenvalue weighted by Gasteiger charge is -2.22. The average molecular weight is 354 g/mol. The molecular formula is C22H43NO2. The van der Waals surface area contributed by atoms with Gasteiger partial charge in [0.05, 0.1) is 0 Å². The molecule has 0 radical (unpaired) electrons. The second-order valence-electron chi connectivity index (χ2n) is 7.50. The Kier molecular flexibility index (Phi) is 17.4. The number of primary amides is 1. The lowest BCUT2D eigenvalue weighted by molar-refractivity contribution is -0.124. The number of unbranched alkanes of at least 4 members (excludes halogenated alkanes) is 11. The number of nitrogens with two attached hydrogens (primary N) is 1. The maximum Gasteiger partial charge on any atom is 0.220 e. The van der Waals surface area contributed by atoms with Crippen LogP contribution in [0.5, 0.6) is 0 Å². The van der Waals surface area contributed by atoms with Crippen molar-refractivity contribution in [1.82, 2.24) is 0 Å². The van der Waals surface area contributed by atoms with Crippen LogP contribution in [0.3, 0.4) is 0 Å². The molecule has 2 unspecified atom stereocenters. The number of rotatable bonds is 19. The molecule has 3 heteroatoms. The zero-order valence-electron chi connectivity index (χ0n) is 16.7. The van der Waals surface area contributed by atoms with Crippen LogP contribution in [0, 0.1) is 11.8 Å². The second-order valence-corrected chi connectivity index (χ2v) is 7.50. The van der Waals surface area contributed by atoms with Crippen molar-refractivity contribution in [1.29, 1.82) is 0 Å². The predicted octanol–water partition coefficient (Wildman–Crippen LogP) is 5.75. The Hall–Kier alpha value is -0.830. The largest absolute Gasteiger partial charge is 0.396 e. The number of carbonyl (C=O) groups excluding carboxylic acids is 1. The fourth-order valence-corrected chi connectivity index (χ4v) is 3.64. The van der Waals surface area contributed by atoms with E-state index in [9.17, 15) is 9.90 Å². The van der Waals surface area contributed by atoms with Crippen LogP contribution in [0.2, 0.25) is 0 Å². The maximum atomic E-state index is 11.6. The van der Waals surface area contributed by atoms with E-state index in [2.05, 4.69) is 13.5 Å². The van der Waals surface area contributed by atoms with Crippen LogP contribution in [-0.4, -0.2) is 17.6 Å². The van der Waals surface area contributed by atoms with Crippen molar-refractivity contribution in [3.8, 4) is 0 Å². The summed E-state index contributed by atoms with van der Waals surface area (Å²) in [6.45, 7) is 5.92. The number of carbonyl (C=O) groups is 1. The van der Waals surface area contributed by atoms with Gasteiger partial charge in [0.25, 0.3) is 0 Å². The third kappa shape index (κ3) is 14.1. The first-order chi connectivity index (χ1) is 12.2. The Balaban J connectivity index is 3.54. The monoisotopic (exact) mass is 353 g/mol. The predicted molar refractivity (Wildman–Crippen MR) is 108 cm³/mol. The summed E-state index contributed by atoms with van der Waals surface area (Å²) < 4.78 is 0. The molecule has 0 rings (SSSR count). The summed E-state index contributed by atoms with van der Waals surface area (Å²) in [4.78, 5) is 11.6. The molecule has 0 aromatic carbocycles. The first kappa shape index (κ1) is 24.2. The van der Waals surface area contributed by atoms with Gasteiger partial charge < -0.3 is 10.8 Å². The minimum atomic E-state index is -0.236. The Morgan fingerprint density at radius 3 is 1.80 bits per heavy atom. The number of hydrogen-bond donors (Lipinski definition) is 2. The van der Waals surface area contributed by atoms with Gasteiger partial charge >= 0.3 is 0 Å². The van der Waals surface area contributed by atoms with Crippen LogP contribution >= 0.6 is 0 Å². The summed E-state index contributed by atoms with van der Waals surface area (Å²) in [6.07, 6.45) is 20.1.